The number of carbonyl (C=O) groups is 1. The number of allylic oxidation sites excluding steroid dienone is 2. The van der Waals surface area contributed by atoms with E-state index in [1.165, 1.54) is 0 Å². The van der Waals surface area contributed by atoms with Crippen LogP contribution in [0, 0.1) is 5.92 Å². The number of nitrogens with zero attached hydrogens (tertiary/aromatic N) is 2. The van der Waals surface area contributed by atoms with E-state index in [-0.39, 0.29) is 5.92 Å². The summed E-state index contributed by atoms with van der Waals surface area (Å²) in [6.45, 7) is 0. The average Bonchev–Trinajstić information content (AvgIpc) is 3.03. The van der Waals surface area contributed by atoms with Crippen LogP contribution in [0.1, 0.15) is 30.5 Å². The van der Waals surface area contributed by atoms with E-state index in [1.54, 1.807) is 11.8 Å². The molecule has 0 aliphatic heterocycles. The van der Waals surface area contributed by atoms with Crippen LogP contribution in [0.3, 0.4) is 0 Å². The lowest BCUT2D eigenvalue weighted by Crippen LogP contribution is -2.23. The van der Waals surface area contributed by atoms with Crippen molar-refractivity contribution in [3.63, 3.8) is 0 Å². The minimum atomic E-state index is -0.824. The summed E-state index contributed by atoms with van der Waals surface area (Å²) in [7, 11) is 0. The van der Waals surface area contributed by atoms with Gasteiger partial charge in [0.05, 0.1) is 17.6 Å². The second kappa shape index (κ2) is 7.19. The van der Waals surface area contributed by atoms with Crippen LogP contribution >= 0.6 is 23.4 Å². The molecule has 1 aromatic carbocycles. The molecule has 7 heteroatoms. The average molecular weight is 351 g/mol. The van der Waals surface area contributed by atoms with Gasteiger partial charge in [-0.15, -0.1) is 22.0 Å². The number of aliphatic carboxylic acids is 1. The molecule has 1 N–H and O–H groups in total. The van der Waals surface area contributed by atoms with E-state index in [1.807, 2.05) is 36.4 Å². The predicted molar refractivity (Wildman–Crippen MR) is 87.6 cm³/mol. The van der Waals surface area contributed by atoms with E-state index < -0.39 is 11.9 Å². The Morgan fingerprint density at radius 2 is 2.00 bits per heavy atom. The number of hydrogen-bond donors (Lipinski definition) is 1. The van der Waals surface area contributed by atoms with Gasteiger partial charge >= 0.3 is 5.97 Å². The lowest BCUT2D eigenvalue weighted by atomic mass is 9.83. The molecule has 0 unspecified atom stereocenters. The van der Waals surface area contributed by atoms with Crippen LogP contribution in [0.15, 0.2) is 45.7 Å². The number of halogens is 1. The molecular weight excluding hydrogens is 336 g/mol. The van der Waals surface area contributed by atoms with Crippen molar-refractivity contribution in [2.45, 2.75) is 29.4 Å². The van der Waals surface area contributed by atoms with Crippen molar-refractivity contribution < 1.29 is 14.3 Å². The Kier molecular flexibility index (Phi) is 5.03. The molecule has 5 nitrogen and oxygen atoms in total. The van der Waals surface area contributed by atoms with Gasteiger partial charge in [-0.25, -0.2) is 0 Å². The molecule has 0 saturated carbocycles. The highest BCUT2D eigenvalue weighted by Crippen LogP contribution is 2.34. The molecule has 0 fully saturated rings. The van der Waals surface area contributed by atoms with Crippen LogP contribution in [-0.4, -0.2) is 21.3 Å². The minimum Gasteiger partial charge on any atom is -0.481 e. The molecule has 1 aliphatic rings. The van der Waals surface area contributed by atoms with Gasteiger partial charge in [-0.3, -0.25) is 4.79 Å². The first-order valence-electron chi connectivity index (χ1n) is 7.22. The van der Waals surface area contributed by atoms with Crippen molar-refractivity contribution in [2.24, 2.45) is 5.92 Å². The molecule has 1 aromatic heterocycles. The molecule has 0 saturated heterocycles. The van der Waals surface area contributed by atoms with Crippen molar-refractivity contribution in [3.8, 4) is 0 Å². The van der Waals surface area contributed by atoms with Crippen molar-refractivity contribution in [1.29, 1.82) is 0 Å². The van der Waals surface area contributed by atoms with Gasteiger partial charge in [-0.1, -0.05) is 23.8 Å². The topological polar surface area (TPSA) is 76.2 Å². The third kappa shape index (κ3) is 3.95. The Morgan fingerprint density at radius 3 is 2.74 bits per heavy atom. The quantitative estimate of drug-likeness (QED) is 0.644. The molecule has 0 amide bonds. The van der Waals surface area contributed by atoms with Crippen LogP contribution in [0.5, 0.6) is 0 Å². The Labute approximate surface area is 142 Å². The Bertz CT molecular complexity index is 714. The Hall–Kier alpha value is -1.79. The summed E-state index contributed by atoms with van der Waals surface area (Å²) < 4.78 is 5.68. The Balaban J connectivity index is 1.66. The van der Waals surface area contributed by atoms with E-state index in [2.05, 4.69) is 10.2 Å². The van der Waals surface area contributed by atoms with Gasteiger partial charge in [0.1, 0.15) is 0 Å². The summed E-state index contributed by atoms with van der Waals surface area (Å²) in [6, 6.07) is 7.51. The summed E-state index contributed by atoms with van der Waals surface area (Å²) in [5, 5.41) is 18.1. The van der Waals surface area contributed by atoms with Gasteiger partial charge in [0.2, 0.25) is 11.8 Å². The van der Waals surface area contributed by atoms with E-state index in [0.29, 0.717) is 35.4 Å². The minimum absolute atomic E-state index is 0.251. The summed E-state index contributed by atoms with van der Waals surface area (Å²) in [5.74, 6) is -0.132. The zero-order valence-electron chi connectivity index (χ0n) is 12.2. The van der Waals surface area contributed by atoms with Gasteiger partial charge in [-0.05, 0) is 37.1 Å². The maximum absolute atomic E-state index is 11.3. The van der Waals surface area contributed by atoms with Crippen LogP contribution in [0.4, 0.5) is 0 Å². The first-order chi connectivity index (χ1) is 11.1. The highest BCUT2D eigenvalue weighted by Gasteiger charge is 2.33. The second-order valence-electron chi connectivity index (χ2n) is 5.27. The van der Waals surface area contributed by atoms with Crippen LogP contribution in [0.25, 0.3) is 0 Å². The summed E-state index contributed by atoms with van der Waals surface area (Å²) >= 11 is 7.42. The number of benzene rings is 1. The zero-order chi connectivity index (χ0) is 16.2. The Morgan fingerprint density at radius 1 is 1.26 bits per heavy atom. The van der Waals surface area contributed by atoms with Gasteiger partial charge in [0, 0.05) is 9.92 Å². The lowest BCUT2D eigenvalue weighted by molar-refractivity contribution is -0.142. The molecule has 1 heterocycles. The molecule has 120 valence electrons. The number of aromatic nitrogens is 2. The largest absolute Gasteiger partial charge is 0.481 e. The summed E-state index contributed by atoms with van der Waals surface area (Å²) in [4.78, 5) is 12.4. The maximum atomic E-state index is 11.3. The third-order valence-corrected chi connectivity index (χ3v) is 4.97. The fourth-order valence-electron chi connectivity index (χ4n) is 2.51. The molecule has 0 bridgehead atoms. The van der Waals surface area contributed by atoms with E-state index in [0.717, 1.165) is 4.90 Å². The van der Waals surface area contributed by atoms with Gasteiger partial charge in [0.15, 0.2) is 0 Å². The molecule has 2 aromatic rings. The van der Waals surface area contributed by atoms with Crippen LogP contribution in [0.2, 0.25) is 5.02 Å². The van der Waals surface area contributed by atoms with Gasteiger partial charge in [0.25, 0.3) is 0 Å². The number of thioether (sulfide) groups is 1. The van der Waals surface area contributed by atoms with Crippen molar-refractivity contribution in [2.75, 3.05) is 0 Å². The first-order valence-corrected chi connectivity index (χ1v) is 8.58. The number of hydrogen-bond acceptors (Lipinski definition) is 5. The fourth-order valence-corrected chi connectivity index (χ4v) is 3.37. The van der Waals surface area contributed by atoms with E-state index >= 15 is 0 Å². The summed E-state index contributed by atoms with van der Waals surface area (Å²) in [6.07, 6.45) is 4.97. The van der Waals surface area contributed by atoms with E-state index in [4.69, 9.17) is 16.0 Å². The van der Waals surface area contributed by atoms with Crippen molar-refractivity contribution >= 4 is 29.3 Å². The fraction of sp³-hybridized carbons (Fsp3) is 0.312. The highest BCUT2D eigenvalue weighted by atomic mass is 35.5. The maximum Gasteiger partial charge on any atom is 0.307 e. The molecule has 2 atom stereocenters. The number of rotatable bonds is 5. The first kappa shape index (κ1) is 16.1. The third-order valence-electron chi connectivity index (χ3n) is 3.73. The lowest BCUT2D eigenvalue weighted by Gasteiger charge is -2.21. The number of carboxylic acids is 1. The summed E-state index contributed by atoms with van der Waals surface area (Å²) in [5.41, 5.74) is 0. The van der Waals surface area contributed by atoms with Crippen molar-refractivity contribution in [3.05, 3.63) is 53.2 Å². The molecule has 0 radical (unpaired) electrons. The van der Waals surface area contributed by atoms with Crippen LogP contribution < -0.4 is 0 Å². The smallest absolute Gasteiger partial charge is 0.307 e. The van der Waals surface area contributed by atoms with Crippen LogP contribution in [-0.2, 0) is 10.5 Å². The zero-order valence-corrected chi connectivity index (χ0v) is 13.8. The monoisotopic (exact) mass is 350 g/mol. The second-order valence-corrected chi connectivity index (χ2v) is 6.76. The van der Waals surface area contributed by atoms with Gasteiger partial charge < -0.3 is 9.52 Å². The highest BCUT2D eigenvalue weighted by molar-refractivity contribution is 7.98. The molecular formula is C16H15ClN2O3S. The molecule has 0 spiro atoms. The molecule has 3 rings (SSSR count). The van der Waals surface area contributed by atoms with Gasteiger partial charge in [-0.2, -0.15) is 0 Å². The number of carboxylic acid groups (broad SMARTS) is 1. The van der Waals surface area contributed by atoms with Crippen molar-refractivity contribution in [1.82, 2.24) is 10.2 Å². The SMILES string of the molecule is O=C(O)[C@@H]1CC=CC[C@@H]1c1nnc(CSc2ccc(Cl)cc2)o1. The van der Waals surface area contributed by atoms with E-state index in [9.17, 15) is 9.90 Å². The predicted octanol–water partition coefficient (Wildman–Crippen LogP) is 4.15. The molecule has 23 heavy (non-hydrogen) atoms. The molecule has 1 aliphatic carbocycles. The standard InChI is InChI=1S/C16H15ClN2O3S/c17-10-5-7-11(8-6-10)23-9-14-18-19-15(22-14)12-3-1-2-4-13(12)16(20)21/h1-2,5-8,12-13H,3-4,9H2,(H,20,21)/t12-,13+/m0/s1. The normalized spacial score (nSPS) is 20.6.